The minimum absolute atomic E-state index is 0.0354. The zero-order valence-corrected chi connectivity index (χ0v) is 19.5. The Kier molecular flexibility index (Phi) is 6.67. The maximum Gasteiger partial charge on any atom is 0.261 e. The smallest absolute Gasteiger partial charge is 0.261 e. The van der Waals surface area contributed by atoms with Crippen LogP contribution in [0.4, 0.5) is 10.1 Å². The van der Waals surface area contributed by atoms with E-state index in [1.54, 1.807) is 41.2 Å². The van der Waals surface area contributed by atoms with Gasteiger partial charge in [0.1, 0.15) is 17.7 Å². The fraction of sp³-hybridized carbons (Fsp3) is 0.0833. The summed E-state index contributed by atoms with van der Waals surface area (Å²) in [5, 5.41) is 3.52. The molecule has 4 rings (SSSR count). The average molecular weight is 499 g/mol. The Morgan fingerprint density at radius 1 is 1.00 bits per heavy atom. The third kappa shape index (κ3) is 5.27. The van der Waals surface area contributed by atoms with E-state index in [-0.39, 0.29) is 16.1 Å². The molecule has 34 heavy (non-hydrogen) atoms. The van der Waals surface area contributed by atoms with Gasteiger partial charge in [-0.2, -0.15) is 0 Å². The van der Waals surface area contributed by atoms with E-state index in [0.29, 0.717) is 10.8 Å². The van der Waals surface area contributed by atoms with Crippen molar-refractivity contribution in [2.45, 2.75) is 10.9 Å². The summed E-state index contributed by atoms with van der Waals surface area (Å²) >= 11 is 6.00. The normalized spacial score (nSPS) is 12.2. The molecule has 0 fully saturated rings. The molecule has 0 saturated carbocycles. The van der Waals surface area contributed by atoms with Gasteiger partial charge in [-0.15, -0.1) is 0 Å². The van der Waals surface area contributed by atoms with Crippen molar-refractivity contribution >= 4 is 33.2 Å². The summed E-state index contributed by atoms with van der Waals surface area (Å²) in [4.78, 5) is 17.3. The first-order valence-corrected chi connectivity index (χ1v) is 12.0. The molecule has 174 valence electrons. The van der Waals surface area contributed by atoms with E-state index < -0.39 is 27.8 Å². The predicted octanol–water partition coefficient (Wildman–Crippen LogP) is 4.53. The van der Waals surface area contributed by atoms with Crippen LogP contribution in [0.2, 0.25) is 5.02 Å². The number of imidazole rings is 1. The molecule has 3 aromatic carbocycles. The number of carbonyl (C=O) groups is 1. The molecule has 0 radical (unpaired) electrons. The first kappa shape index (κ1) is 23.5. The first-order valence-electron chi connectivity index (χ1n) is 10.1. The van der Waals surface area contributed by atoms with Gasteiger partial charge < -0.3 is 9.88 Å². The van der Waals surface area contributed by atoms with Crippen molar-refractivity contribution in [3.8, 4) is 0 Å². The second-order valence-electron chi connectivity index (χ2n) is 7.49. The van der Waals surface area contributed by atoms with Crippen LogP contribution in [0.5, 0.6) is 0 Å². The standard InChI is InChI=1S/C24H20ClFN4O3S/c1-30-15-14-27-23(30)22(16-2-6-18(25)7-3-16)28-24(31)17-4-12-21(13-5-17)34(32,33)29-20-10-8-19(26)9-11-20/h2-15,22,29H,1H3,(H,28,31). The van der Waals surface area contributed by atoms with Crippen LogP contribution in [0.3, 0.4) is 0 Å². The van der Waals surface area contributed by atoms with Crippen molar-refractivity contribution in [3.05, 3.63) is 113 Å². The summed E-state index contributed by atoms with van der Waals surface area (Å²) in [6.45, 7) is 0. The lowest BCUT2D eigenvalue weighted by atomic mass is 10.1. The number of hydrogen-bond donors (Lipinski definition) is 2. The highest BCUT2D eigenvalue weighted by atomic mass is 35.5. The number of aryl methyl sites for hydroxylation is 1. The lowest BCUT2D eigenvalue weighted by molar-refractivity contribution is 0.0941. The Bertz CT molecular complexity index is 1400. The summed E-state index contributed by atoms with van der Waals surface area (Å²) < 4.78 is 42.5. The number of benzene rings is 3. The van der Waals surface area contributed by atoms with Crippen molar-refractivity contribution in [1.29, 1.82) is 0 Å². The molecule has 1 heterocycles. The average Bonchev–Trinajstić information content (AvgIpc) is 3.25. The lowest BCUT2D eigenvalue weighted by Gasteiger charge is -2.19. The van der Waals surface area contributed by atoms with Gasteiger partial charge in [0.25, 0.3) is 15.9 Å². The van der Waals surface area contributed by atoms with Crippen molar-refractivity contribution in [2.24, 2.45) is 7.05 Å². The van der Waals surface area contributed by atoms with Crippen molar-refractivity contribution < 1.29 is 17.6 Å². The molecule has 0 aliphatic heterocycles. The zero-order valence-electron chi connectivity index (χ0n) is 17.9. The van der Waals surface area contributed by atoms with E-state index in [1.165, 1.54) is 36.4 Å². The highest BCUT2D eigenvalue weighted by molar-refractivity contribution is 7.92. The van der Waals surface area contributed by atoms with Gasteiger partial charge in [0.05, 0.1) is 4.90 Å². The SMILES string of the molecule is Cn1ccnc1C(NC(=O)c1ccc(S(=O)(=O)Nc2ccc(F)cc2)cc1)c1ccc(Cl)cc1. The van der Waals surface area contributed by atoms with E-state index in [0.717, 1.165) is 17.7 Å². The number of nitrogens with one attached hydrogen (secondary N) is 2. The Hall–Kier alpha value is -3.69. The van der Waals surface area contributed by atoms with Crippen LogP contribution in [0, 0.1) is 5.82 Å². The van der Waals surface area contributed by atoms with E-state index >= 15 is 0 Å². The summed E-state index contributed by atoms with van der Waals surface area (Å²) in [5.74, 6) is -0.252. The number of carbonyl (C=O) groups excluding carboxylic acids is 1. The van der Waals surface area contributed by atoms with Crippen LogP contribution >= 0.6 is 11.6 Å². The van der Waals surface area contributed by atoms with Gasteiger partial charge >= 0.3 is 0 Å². The quantitative estimate of drug-likeness (QED) is 0.391. The fourth-order valence-electron chi connectivity index (χ4n) is 3.34. The van der Waals surface area contributed by atoms with Gasteiger partial charge in [0.2, 0.25) is 0 Å². The maximum absolute atomic E-state index is 13.1. The van der Waals surface area contributed by atoms with Gasteiger partial charge in [-0.3, -0.25) is 9.52 Å². The summed E-state index contributed by atoms with van der Waals surface area (Å²) in [6.07, 6.45) is 3.41. The fourth-order valence-corrected chi connectivity index (χ4v) is 4.52. The largest absolute Gasteiger partial charge is 0.338 e. The van der Waals surface area contributed by atoms with Crippen LogP contribution in [-0.4, -0.2) is 23.9 Å². The van der Waals surface area contributed by atoms with E-state index in [2.05, 4.69) is 15.0 Å². The second kappa shape index (κ2) is 9.66. The first-order chi connectivity index (χ1) is 16.2. The summed E-state index contributed by atoms with van der Waals surface area (Å²) in [7, 11) is -2.09. The Morgan fingerprint density at radius 2 is 1.65 bits per heavy atom. The van der Waals surface area contributed by atoms with Crippen LogP contribution in [-0.2, 0) is 17.1 Å². The zero-order chi connectivity index (χ0) is 24.3. The molecule has 0 aliphatic carbocycles. The molecular formula is C24H20ClFN4O3S. The number of sulfonamides is 1. The number of nitrogens with zero attached hydrogens (tertiary/aromatic N) is 2. The second-order valence-corrected chi connectivity index (χ2v) is 9.61. The number of rotatable bonds is 7. The van der Waals surface area contributed by atoms with Crippen LogP contribution in [0.25, 0.3) is 0 Å². The minimum atomic E-state index is -3.91. The molecule has 2 N–H and O–H groups in total. The molecule has 10 heteroatoms. The van der Waals surface area contributed by atoms with Gasteiger partial charge in [0.15, 0.2) is 0 Å². The summed E-state index contributed by atoms with van der Waals surface area (Å²) in [5.41, 5.74) is 1.28. The molecule has 1 unspecified atom stereocenters. The molecule has 1 amide bonds. The van der Waals surface area contributed by atoms with Crippen molar-refractivity contribution in [2.75, 3.05) is 4.72 Å². The number of amides is 1. The number of hydrogen-bond acceptors (Lipinski definition) is 4. The monoisotopic (exact) mass is 498 g/mol. The molecule has 0 saturated heterocycles. The molecule has 1 aromatic heterocycles. The Morgan fingerprint density at radius 3 is 2.24 bits per heavy atom. The number of halogens is 2. The molecule has 0 spiro atoms. The third-order valence-corrected chi connectivity index (χ3v) is 6.77. The van der Waals surface area contributed by atoms with Crippen LogP contribution in [0.15, 0.2) is 90.1 Å². The van der Waals surface area contributed by atoms with Gasteiger partial charge in [-0.05, 0) is 66.2 Å². The molecule has 0 aliphatic rings. The molecule has 4 aromatic rings. The summed E-state index contributed by atoms with van der Waals surface area (Å²) in [6, 6.07) is 17.0. The van der Waals surface area contributed by atoms with E-state index in [1.807, 2.05) is 7.05 Å². The van der Waals surface area contributed by atoms with E-state index in [9.17, 15) is 17.6 Å². The van der Waals surface area contributed by atoms with Crippen LogP contribution in [0.1, 0.15) is 27.8 Å². The number of aromatic nitrogens is 2. The third-order valence-electron chi connectivity index (χ3n) is 5.12. The topological polar surface area (TPSA) is 93.1 Å². The molecule has 7 nitrogen and oxygen atoms in total. The highest BCUT2D eigenvalue weighted by Crippen LogP contribution is 2.23. The van der Waals surface area contributed by atoms with Gasteiger partial charge in [-0.1, -0.05) is 23.7 Å². The van der Waals surface area contributed by atoms with Crippen LogP contribution < -0.4 is 10.0 Å². The highest BCUT2D eigenvalue weighted by Gasteiger charge is 2.22. The van der Waals surface area contributed by atoms with Crippen molar-refractivity contribution in [1.82, 2.24) is 14.9 Å². The van der Waals surface area contributed by atoms with Gasteiger partial charge in [-0.25, -0.2) is 17.8 Å². The number of anilines is 1. The minimum Gasteiger partial charge on any atom is -0.338 e. The predicted molar refractivity (Wildman–Crippen MR) is 128 cm³/mol. The van der Waals surface area contributed by atoms with Gasteiger partial charge in [0, 0.05) is 35.7 Å². The molecule has 0 bridgehead atoms. The Balaban J connectivity index is 1.54. The lowest BCUT2D eigenvalue weighted by Crippen LogP contribution is -2.31. The van der Waals surface area contributed by atoms with E-state index in [4.69, 9.17) is 11.6 Å². The Labute approximate surface area is 201 Å². The molecule has 1 atom stereocenters. The molecular weight excluding hydrogens is 479 g/mol. The maximum atomic E-state index is 13.1. The van der Waals surface area contributed by atoms with Crippen molar-refractivity contribution in [3.63, 3.8) is 0 Å².